The van der Waals surface area contributed by atoms with Crippen LogP contribution in [0.15, 0.2) is 18.2 Å². The average Bonchev–Trinajstić information content (AvgIpc) is 2.38. The van der Waals surface area contributed by atoms with Gasteiger partial charge in [-0.1, -0.05) is 6.07 Å². The fourth-order valence-electron chi connectivity index (χ4n) is 1.54. The lowest BCUT2D eigenvalue weighted by Crippen LogP contribution is -2.14. The molecule has 0 bridgehead atoms. The number of carboxylic acids is 1. The van der Waals surface area contributed by atoms with E-state index in [1.54, 1.807) is 19.1 Å². The van der Waals surface area contributed by atoms with E-state index < -0.39 is 17.5 Å². The molecule has 8 nitrogen and oxygen atoms in total. The van der Waals surface area contributed by atoms with Crippen molar-refractivity contribution in [1.29, 1.82) is 0 Å². The van der Waals surface area contributed by atoms with Crippen molar-refractivity contribution in [1.82, 2.24) is 0 Å². The molecule has 0 aromatic heterocycles. The Labute approximate surface area is 115 Å². The summed E-state index contributed by atoms with van der Waals surface area (Å²) in [7, 11) is 0. The number of anilines is 1. The smallest absolute Gasteiger partial charge is 0.333 e. The van der Waals surface area contributed by atoms with E-state index in [1.807, 2.05) is 0 Å². The molecule has 0 unspecified atom stereocenters. The van der Waals surface area contributed by atoms with Crippen LogP contribution in [0.5, 0.6) is 5.75 Å². The predicted octanol–water partition coefficient (Wildman–Crippen LogP) is 1.51. The molecule has 110 valence electrons. The van der Waals surface area contributed by atoms with Gasteiger partial charge in [-0.15, -0.1) is 0 Å². The van der Waals surface area contributed by atoms with Crippen molar-refractivity contribution < 1.29 is 24.3 Å². The molecule has 0 aliphatic heterocycles. The second-order valence-electron chi connectivity index (χ2n) is 3.72. The largest absolute Gasteiger partial charge is 0.487 e. The van der Waals surface area contributed by atoms with Gasteiger partial charge in [-0.05, 0) is 19.1 Å². The minimum Gasteiger partial charge on any atom is -0.487 e. The zero-order chi connectivity index (χ0) is 15.0. The summed E-state index contributed by atoms with van der Waals surface area (Å²) < 4.78 is 10.0. The first-order valence-corrected chi connectivity index (χ1v) is 5.99. The number of nitro benzene ring substituents is 1. The highest BCUT2D eigenvalue weighted by Crippen LogP contribution is 2.34. The molecule has 1 aromatic carbocycles. The van der Waals surface area contributed by atoms with Crippen molar-refractivity contribution in [2.24, 2.45) is 0 Å². The van der Waals surface area contributed by atoms with Crippen LogP contribution in [-0.4, -0.2) is 42.4 Å². The van der Waals surface area contributed by atoms with Crippen LogP contribution in [0.2, 0.25) is 0 Å². The maximum absolute atomic E-state index is 11.1. The van der Waals surface area contributed by atoms with Crippen molar-refractivity contribution in [3.8, 4) is 5.75 Å². The van der Waals surface area contributed by atoms with E-state index in [0.717, 1.165) is 0 Å². The summed E-state index contributed by atoms with van der Waals surface area (Å²) in [6, 6.07) is 4.71. The number of hydrogen-bond donors (Lipinski definition) is 2. The first-order chi connectivity index (χ1) is 9.56. The second-order valence-corrected chi connectivity index (χ2v) is 3.72. The Morgan fingerprint density at radius 1 is 1.50 bits per heavy atom. The lowest BCUT2D eigenvalue weighted by Gasteiger charge is -2.10. The number of carboxylic acid groups (broad SMARTS) is 1. The second kappa shape index (κ2) is 7.95. The molecule has 0 spiro atoms. The minimum absolute atomic E-state index is 0.127. The molecule has 8 heteroatoms. The fourth-order valence-corrected chi connectivity index (χ4v) is 1.54. The van der Waals surface area contributed by atoms with Gasteiger partial charge in [0.15, 0.2) is 5.75 Å². The Bertz CT molecular complexity index is 477. The lowest BCUT2D eigenvalue weighted by atomic mass is 10.2. The number of aliphatic carboxylic acids is 1. The highest BCUT2D eigenvalue weighted by molar-refractivity contribution is 5.68. The van der Waals surface area contributed by atoms with Gasteiger partial charge in [-0.3, -0.25) is 10.1 Å². The molecule has 0 atom stereocenters. The van der Waals surface area contributed by atoms with Crippen LogP contribution in [0.25, 0.3) is 0 Å². The third kappa shape index (κ3) is 4.73. The zero-order valence-corrected chi connectivity index (χ0v) is 11.0. The number of hydrogen-bond acceptors (Lipinski definition) is 6. The van der Waals surface area contributed by atoms with Crippen molar-refractivity contribution in [2.75, 3.05) is 31.7 Å². The van der Waals surface area contributed by atoms with E-state index in [0.29, 0.717) is 12.3 Å². The molecule has 0 aliphatic carbocycles. The molecule has 1 rings (SSSR count). The minimum atomic E-state index is -1.06. The van der Waals surface area contributed by atoms with Gasteiger partial charge in [0.25, 0.3) is 0 Å². The van der Waals surface area contributed by atoms with E-state index in [4.69, 9.17) is 14.6 Å². The van der Waals surface area contributed by atoms with Crippen molar-refractivity contribution in [3.63, 3.8) is 0 Å². The summed E-state index contributed by atoms with van der Waals surface area (Å²) in [6.45, 7) is 2.05. The van der Waals surface area contributed by atoms with E-state index in [2.05, 4.69) is 5.32 Å². The van der Waals surface area contributed by atoms with E-state index in [1.165, 1.54) is 6.07 Å². The number of rotatable bonds is 9. The Kier molecular flexibility index (Phi) is 6.24. The van der Waals surface area contributed by atoms with E-state index in [-0.39, 0.29) is 24.6 Å². The number of nitrogens with one attached hydrogen (secondary N) is 1. The monoisotopic (exact) mass is 284 g/mol. The molecular weight excluding hydrogens is 268 g/mol. The standard InChI is InChI=1S/C12H16N2O6/c1-2-20-10-5-3-4-9(12(10)14(17)18)13-6-7-19-8-11(15)16/h3-5,13H,2,6-8H2,1H3,(H,15,16). The van der Waals surface area contributed by atoms with Crippen LogP contribution in [-0.2, 0) is 9.53 Å². The third-order valence-electron chi connectivity index (χ3n) is 2.27. The summed E-state index contributed by atoms with van der Waals surface area (Å²) in [5, 5.41) is 22.3. The Morgan fingerprint density at radius 2 is 2.25 bits per heavy atom. The fraction of sp³-hybridized carbons (Fsp3) is 0.417. The molecule has 0 aliphatic rings. The van der Waals surface area contributed by atoms with E-state index in [9.17, 15) is 14.9 Å². The summed E-state index contributed by atoms with van der Waals surface area (Å²) >= 11 is 0. The zero-order valence-electron chi connectivity index (χ0n) is 11.0. The number of ether oxygens (including phenoxy) is 2. The summed E-state index contributed by atoms with van der Waals surface area (Å²) in [5.41, 5.74) is 0.160. The quantitative estimate of drug-likeness (QED) is 0.401. The van der Waals surface area contributed by atoms with Crippen LogP contribution >= 0.6 is 0 Å². The number of nitro groups is 1. The number of para-hydroxylation sites is 1. The summed E-state index contributed by atoms with van der Waals surface area (Å²) in [4.78, 5) is 20.8. The summed E-state index contributed by atoms with van der Waals surface area (Å²) in [5.74, 6) is -0.872. The Morgan fingerprint density at radius 3 is 2.85 bits per heavy atom. The SMILES string of the molecule is CCOc1cccc(NCCOCC(=O)O)c1[N+](=O)[O-]. The van der Waals surface area contributed by atoms with Crippen LogP contribution in [0, 0.1) is 10.1 Å². The maximum atomic E-state index is 11.1. The van der Waals surface area contributed by atoms with Crippen LogP contribution in [0.3, 0.4) is 0 Å². The predicted molar refractivity (Wildman–Crippen MR) is 71.2 cm³/mol. The molecular formula is C12H16N2O6. The normalized spacial score (nSPS) is 10.1. The highest BCUT2D eigenvalue weighted by Gasteiger charge is 2.20. The molecule has 0 radical (unpaired) electrons. The molecule has 0 saturated heterocycles. The van der Waals surface area contributed by atoms with Crippen LogP contribution < -0.4 is 10.1 Å². The van der Waals surface area contributed by atoms with Crippen molar-refractivity contribution in [3.05, 3.63) is 28.3 Å². The van der Waals surface area contributed by atoms with Crippen LogP contribution in [0.1, 0.15) is 6.92 Å². The van der Waals surface area contributed by atoms with E-state index >= 15 is 0 Å². The first-order valence-electron chi connectivity index (χ1n) is 5.99. The molecule has 0 amide bonds. The van der Waals surface area contributed by atoms with Gasteiger partial charge in [0.05, 0.1) is 18.1 Å². The Balaban J connectivity index is 2.66. The maximum Gasteiger partial charge on any atom is 0.333 e. The van der Waals surface area contributed by atoms with Gasteiger partial charge in [0.1, 0.15) is 12.3 Å². The van der Waals surface area contributed by atoms with Gasteiger partial charge in [-0.25, -0.2) is 4.79 Å². The molecule has 0 heterocycles. The van der Waals surface area contributed by atoms with Gasteiger partial charge in [0.2, 0.25) is 0 Å². The van der Waals surface area contributed by atoms with Crippen LogP contribution in [0.4, 0.5) is 11.4 Å². The van der Waals surface area contributed by atoms with Gasteiger partial charge in [-0.2, -0.15) is 0 Å². The average molecular weight is 284 g/mol. The summed E-state index contributed by atoms with van der Waals surface area (Å²) in [6.07, 6.45) is 0. The van der Waals surface area contributed by atoms with Crippen molar-refractivity contribution in [2.45, 2.75) is 6.92 Å². The topological polar surface area (TPSA) is 111 Å². The van der Waals surface area contributed by atoms with Gasteiger partial charge in [0, 0.05) is 6.54 Å². The molecule has 1 aromatic rings. The number of carbonyl (C=O) groups is 1. The number of nitrogens with zero attached hydrogens (tertiary/aromatic N) is 1. The molecule has 20 heavy (non-hydrogen) atoms. The highest BCUT2D eigenvalue weighted by atomic mass is 16.6. The van der Waals surface area contributed by atoms with Gasteiger partial charge >= 0.3 is 11.7 Å². The molecule has 0 saturated carbocycles. The Hall–Kier alpha value is -2.35. The third-order valence-corrected chi connectivity index (χ3v) is 2.27. The van der Waals surface area contributed by atoms with Gasteiger partial charge < -0.3 is 19.9 Å². The first kappa shape index (κ1) is 15.7. The lowest BCUT2D eigenvalue weighted by molar-refractivity contribution is -0.384. The number of benzene rings is 1. The molecule has 2 N–H and O–H groups in total. The molecule has 0 fully saturated rings. The van der Waals surface area contributed by atoms with Crippen molar-refractivity contribution >= 4 is 17.3 Å².